The number of ether oxygens (including phenoxy) is 1. The highest BCUT2D eigenvalue weighted by Gasteiger charge is 2.31. The van der Waals surface area contributed by atoms with Gasteiger partial charge in [-0.3, -0.25) is 4.79 Å². The van der Waals surface area contributed by atoms with Gasteiger partial charge in [-0.25, -0.2) is 0 Å². The number of halogens is 3. The second kappa shape index (κ2) is 10.8. The number of alkyl halides is 3. The van der Waals surface area contributed by atoms with E-state index in [1.54, 1.807) is 36.7 Å². The smallest absolute Gasteiger partial charge is 0.416 e. The van der Waals surface area contributed by atoms with Crippen molar-refractivity contribution in [2.75, 3.05) is 13.7 Å². The van der Waals surface area contributed by atoms with E-state index in [-0.39, 0.29) is 23.3 Å². The van der Waals surface area contributed by atoms with E-state index in [1.807, 2.05) is 0 Å². The number of benzene rings is 2. The molecule has 2 unspecified atom stereocenters. The minimum absolute atomic E-state index is 0.110. The van der Waals surface area contributed by atoms with Crippen molar-refractivity contribution < 1.29 is 22.7 Å². The molecule has 1 amide bonds. The van der Waals surface area contributed by atoms with Gasteiger partial charge in [-0.2, -0.15) is 18.1 Å². The molecule has 0 radical (unpaired) electrons. The van der Waals surface area contributed by atoms with Crippen molar-refractivity contribution in [3.8, 4) is 5.75 Å². The number of nitroso groups, excluding NO2 is 1. The molecule has 0 spiro atoms. The fourth-order valence-corrected chi connectivity index (χ4v) is 3.46. The van der Waals surface area contributed by atoms with E-state index >= 15 is 0 Å². The van der Waals surface area contributed by atoms with Crippen LogP contribution in [0, 0.1) is 4.91 Å². The molecule has 5 nitrogen and oxygen atoms in total. The van der Waals surface area contributed by atoms with Crippen LogP contribution in [0.3, 0.4) is 0 Å². The van der Waals surface area contributed by atoms with Gasteiger partial charge in [0.25, 0.3) is 0 Å². The first-order valence-electron chi connectivity index (χ1n) is 8.97. The summed E-state index contributed by atoms with van der Waals surface area (Å²) < 4.78 is 44.1. The molecule has 1 N–H and O–H groups in total. The number of carbonyl (C=O) groups is 1. The van der Waals surface area contributed by atoms with Crippen LogP contribution in [0.4, 0.5) is 13.2 Å². The Morgan fingerprint density at radius 2 is 1.97 bits per heavy atom. The second-order valence-corrected chi connectivity index (χ2v) is 7.48. The highest BCUT2D eigenvalue weighted by atomic mass is 32.2. The van der Waals surface area contributed by atoms with Gasteiger partial charge >= 0.3 is 6.18 Å². The van der Waals surface area contributed by atoms with E-state index in [0.717, 1.165) is 17.7 Å². The van der Waals surface area contributed by atoms with Crippen molar-refractivity contribution in [2.24, 2.45) is 5.18 Å². The summed E-state index contributed by atoms with van der Waals surface area (Å²) in [6.45, 7) is 3.43. The van der Waals surface area contributed by atoms with Crippen LogP contribution < -0.4 is 10.1 Å². The fraction of sp³-hybridized carbons (Fsp3) is 0.286. The minimum atomic E-state index is -4.50. The number of hydrogen-bond acceptors (Lipinski definition) is 5. The van der Waals surface area contributed by atoms with Crippen LogP contribution in [0.25, 0.3) is 0 Å². The average molecular weight is 438 g/mol. The van der Waals surface area contributed by atoms with E-state index in [2.05, 4.69) is 17.1 Å². The molecule has 0 aliphatic heterocycles. The molecule has 2 aromatic carbocycles. The maximum atomic E-state index is 12.9. The van der Waals surface area contributed by atoms with Crippen LogP contribution in [0.1, 0.15) is 22.7 Å². The molecule has 0 bridgehead atoms. The monoisotopic (exact) mass is 438 g/mol. The summed E-state index contributed by atoms with van der Waals surface area (Å²) in [6, 6.07) is 10.3. The molecule has 9 heteroatoms. The Balaban J connectivity index is 2.02. The lowest BCUT2D eigenvalue weighted by molar-refractivity contribution is -0.137. The number of nitrogens with one attached hydrogen (secondary N) is 1. The lowest BCUT2D eigenvalue weighted by atomic mass is 10.0. The Kier molecular flexibility index (Phi) is 8.46. The molecule has 160 valence electrons. The topological polar surface area (TPSA) is 67.8 Å². The summed E-state index contributed by atoms with van der Waals surface area (Å²) in [6.07, 6.45) is -4.02. The largest absolute Gasteiger partial charge is 0.491 e. The van der Waals surface area contributed by atoms with Crippen molar-refractivity contribution in [3.05, 3.63) is 82.1 Å². The summed E-state index contributed by atoms with van der Waals surface area (Å²) in [5, 5.41) is 6.80. The molecule has 0 saturated carbocycles. The normalized spacial score (nSPS) is 13.2. The van der Waals surface area contributed by atoms with Gasteiger partial charge in [-0.05, 0) is 47.2 Å². The third kappa shape index (κ3) is 6.62. The molecular formula is C21H21F3N2O3S. The second-order valence-electron chi connectivity index (χ2n) is 6.31. The fourth-order valence-electron chi connectivity index (χ4n) is 2.70. The molecule has 0 aromatic heterocycles. The average Bonchev–Trinajstić information content (AvgIpc) is 2.74. The van der Waals surface area contributed by atoms with Gasteiger partial charge in [0.2, 0.25) is 5.91 Å². The number of nitrogens with zero attached hydrogens (tertiary/aromatic N) is 1. The van der Waals surface area contributed by atoms with E-state index in [4.69, 9.17) is 4.74 Å². The standard InChI is InChI=1S/C21H21F3N2O3S/c1-3-30-19(20(27)25-2)11-14-7-9-17(10-8-14)29-13-18(26-28)15-5-4-6-16(12-15)21(22,23)24/h3-10,12,18-19H,1,11,13H2,2H3,(H,25,27). The highest BCUT2D eigenvalue weighted by molar-refractivity contribution is 8.03. The molecular weight excluding hydrogens is 417 g/mol. The van der Waals surface area contributed by atoms with Crippen molar-refractivity contribution >= 4 is 17.7 Å². The zero-order valence-corrected chi connectivity index (χ0v) is 17.0. The molecule has 2 aromatic rings. The molecule has 30 heavy (non-hydrogen) atoms. The molecule has 0 saturated heterocycles. The van der Waals surface area contributed by atoms with Crippen LogP contribution in [-0.4, -0.2) is 24.8 Å². The van der Waals surface area contributed by atoms with E-state index in [1.165, 1.54) is 23.9 Å². The number of hydrogen-bond donors (Lipinski definition) is 1. The van der Waals surface area contributed by atoms with Gasteiger partial charge < -0.3 is 10.1 Å². The highest BCUT2D eigenvalue weighted by Crippen LogP contribution is 2.31. The molecule has 0 aliphatic rings. The zero-order chi connectivity index (χ0) is 22.1. The third-order valence-electron chi connectivity index (χ3n) is 4.28. The third-order valence-corrected chi connectivity index (χ3v) is 5.18. The van der Waals surface area contributed by atoms with Crippen LogP contribution in [-0.2, 0) is 17.4 Å². The number of amides is 1. The Morgan fingerprint density at radius 3 is 2.53 bits per heavy atom. The Hall–Kier alpha value is -2.81. The first-order chi connectivity index (χ1) is 14.3. The van der Waals surface area contributed by atoms with Gasteiger partial charge in [0, 0.05) is 7.05 Å². The van der Waals surface area contributed by atoms with E-state index in [0.29, 0.717) is 12.2 Å². The van der Waals surface area contributed by atoms with Gasteiger partial charge in [-0.1, -0.05) is 36.0 Å². The molecule has 0 heterocycles. The van der Waals surface area contributed by atoms with Gasteiger partial charge in [-0.15, -0.1) is 11.8 Å². The molecule has 0 fully saturated rings. The maximum Gasteiger partial charge on any atom is 0.416 e. The maximum absolute atomic E-state index is 12.9. The van der Waals surface area contributed by atoms with Gasteiger partial charge in [0.1, 0.15) is 12.4 Å². The zero-order valence-electron chi connectivity index (χ0n) is 16.2. The predicted molar refractivity (Wildman–Crippen MR) is 111 cm³/mol. The van der Waals surface area contributed by atoms with E-state index in [9.17, 15) is 22.9 Å². The summed E-state index contributed by atoms with van der Waals surface area (Å²) in [5.74, 6) is 0.327. The van der Waals surface area contributed by atoms with Crippen LogP contribution in [0.5, 0.6) is 5.75 Å². The number of carbonyl (C=O) groups excluding carboxylic acids is 1. The van der Waals surface area contributed by atoms with Crippen LogP contribution in [0.15, 0.2) is 65.7 Å². The van der Waals surface area contributed by atoms with Gasteiger partial charge in [0.05, 0.1) is 10.8 Å². The SMILES string of the molecule is C=CSC(Cc1ccc(OCC(N=O)c2cccc(C(F)(F)F)c2)cc1)C(=O)NC. The van der Waals surface area contributed by atoms with Crippen molar-refractivity contribution in [1.29, 1.82) is 0 Å². The first kappa shape index (κ1) is 23.5. The predicted octanol–water partition coefficient (Wildman–Crippen LogP) is 5.13. The van der Waals surface area contributed by atoms with Crippen LogP contribution in [0.2, 0.25) is 0 Å². The quantitative estimate of drug-likeness (QED) is 0.523. The Morgan fingerprint density at radius 1 is 1.27 bits per heavy atom. The Labute approximate surface area is 176 Å². The number of rotatable bonds is 10. The summed E-state index contributed by atoms with van der Waals surface area (Å²) in [5.41, 5.74) is 0.181. The van der Waals surface area contributed by atoms with Crippen molar-refractivity contribution in [3.63, 3.8) is 0 Å². The van der Waals surface area contributed by atoms with Crippen molar-refractivity contribution in [2.45, 2.75) is 23.9 Å². The van der Waals surface area contributed by atoms with Crippen LogP contribution >= 0.6 is 11.8 Å². The lowest BCUT2D eigenvalue weighted by Gasteiger charge is -2.15. The van der Waals surface area contributed by atoms with Gasteiger partial charge in [0.15, 0.2) is 6.04 Å². The van der Waals surface area contributed by atoms with Crippen molar-refractivity contribution in [1.82, 2.24) is 5.32 Å². The molecule has 2 rings (SSSR count). The van der Waals surface area contributed by atoms with E-state index < -0.39 is 17.8 Å². The lowest BCUT2D eigenvalue weighted by Crippen LogP contribution is -2.30. The number of thioether (sulfide) groups is 1. The Bertz CT molecular complexity index is 873. The summed E-state index contributed by atoms with van der Waals surface area (Å²) in [7, 11) is 1.57. The first-order valence-corrected chi connectivity index (χ1v) is 9.92. The minimum Gasteiger partial charge on any atom is -0.491 e. The molecule has 0 aliphatic carbocycles. The summed E-state index contributed by atoms with van der Waals surface area (Å²) in [4.78, 5) is 23.0. The molecule has 2 atom stereocenters. The summed E-state index contributed by atoms with van der Waals surface area (Å²) >= 11 is 1.32.